The van der Waals surface area contributed by atoms with Gasteiger partial charge in [-0.2, -0.15) is 0 Å². The number of carboxylic acid groups (broad SMARTS) is 1. The Morgan fingerprint density at radius 1 is 0.783 bits per heavy atom. The molecule has 0 spiro atoms. The standard InChI is InChI=1S/C33H41N7O6/c1-3-18(2)29(32(44)39-27(33(45)46)15-20-17-37-25-11-7-5-9-22(20)25)40-31(43)26(12-13-28(35)41)38-30(42)23(34)14-19-16-36-24-10-6-4-8-21(19)24/h4-11,16-18,23,26-27,29,36-37H,3,12-15,34H2,1-2H3,(H2,35,41)(H,38,42)(H,39,44)(H,40,43)(H,45,46). The van der Waals surface area contributed by atoms with Gasteiger partial charge in [0.1, 0.15) is 18.1 Å². The van der Waals surface area contributed by atoms with Gasteiger partial charge in [-0.05, 0) is 42.0 Å². The first kappa shape index (κ1) is 33.7. The van der Waals surface area contributed by atoms with Crippen molar-refractivity contribution < 1.29 is 29.1 Å². The van der Waals surface area contributed by atoms with Gasteiger partial charge in [-0.15, -0.1) is 0 Å². The molecule has 2 aromatic carbocycles. The maximum atomic E-state index is 13.5. The normalized spacial score (nSPS) is 14.6. The van der Waals surface area contributed by atoms with Crippen molar-refractivity contribution in [2.24, 2.45) is 17.4 Å². The van der Waals surface area contributed by atoms with E-state index in [2.05, 4.69) is 25.9 Å². The molecule has 0 bridgehead atoms. The fourth-order valence-corrected chi connectivity index (χ4v) is 5.40. The number of carbonyl (C=O) groups is 5. The van der Waals surface area contributed by atoms with Crippen LogP contribution in [0.5, 0.6) is 0 Å². The van der Waals surface area contributed by atoms with Crippen molar-refractivity contribution in [2.45, 2.75) is 70.1 Å². The Bertz CT molecular complexity index is 1710. The van der Waals surface area contributed by atoms with E-state index >= 15 is 0 Å². The lowest BCUT2D eigenvalue weighted by molar-refractivity contribution is -0.142. The molecule has 5 unspecified atom stereocenters. The van der Waals surface area contributed by atoms with E-state index in [0.29, 0.717) is 12.0 Å². The highest BCUT2D eigenvalue weighted by molar-refractivity contribution is 5.95. The lowest BCUT2D eigenvalue weighted by Gasteiger charge is -2.28. The topological polar surface area (TPSA) is 225 Å². The summed E-state index contributed by atoms with van der Waals surface area (Å²) < 4.78 is 0. The van der Waals surface area contributed by atoms with Crippen LogP contribution in [0, 0.1) is 5.92 Å². The molecule has 10 N–H and O–H groups in total. The van der Waals surface area contributed by atoms with Crippen LogP contribution < -0.4 is 27.4 Å². The second-order valence-electron chi connectivity index (χ2n) is 11.6. The van der Waals surface area contributed by atoms with Gasteiger partial charge in [0, 0.05) is 47.0 Å². The Balaban J connectivity index is 1.46. The lowest BCUT2D eigenvalue weighted by Crippen LogP contribution is -2.59. The number of rotatable bonds is 16. The molecule has 13 nitrogen and oxygen atoms in total. The number of fused-ring (bicyclic) bond motifs is 2. The van der Waals surface area contributed by atoms with E-state index in [1.807, 2.05) is 55.5 Å². The third-order valence-electron chi connectivity index (χ3n) is 8.27. The largest absolute Gasteiger partial charge is 0.480 e. The Kier molecular flexibility index (Phi) is 11.2. The molecule has 0 radical (unpaired) electrons. The first-order valence-corrected chi connectivity index (χ1v) is 15.3. The number of benzene rings is 2. The van der Waals surface area contributed by atoms with Gasteiger partial charge in [-0.25, -0.2) is 4.79 Å². The summed E-state index contributed by atoms with van der Waals surface area (Å²) in [5.74, 6) is -4.34. The van der Waals surface area contributed by atoms with E-state index < -0.39 is 59.7 Å². The fraction of sp³-hybridized carbons (Fsp3) is 0.364. The number of carboxylic acids is 1. The monoisotopic (exact) mass is 631 g/mol. The van der Waals surface area contributed by atoms with Crippen molar-refractivity contribution in [3.05, 3.63) is 72.1 Å². The summed E-state index contributed by atoms with van der Waals surface area (Å²) in [6, 6.07) is 10.3. The highest BCUT2D eigenvalue weighted by Gasteiger charge is 2.33. The Hall–Kier alpha value is -5.17. The quantitative estimate of drug-likeness (QED) is 0.0911. The number of carbonyl (C=O) groups excluding carboxylic acids is 4. The molecule has 0 fully saturated rings. The number of aliphatic carboxylic acids is 1. The van der Waals surface area contributed by atoms with Crippen LogP contribution in [0.2, 0.25) is 0 Å². The highest BCUT2D eigenvalue weighted by Crippen LogP contribution is 2.20. The van der Waals surface area contributed by atoms with Gasteiger partial charge in [0.25, 0.3) is 0 Å². The van der Waals surface area contributed by atoms with Gasteiger partial charge < -0.3 is 42.5 Å². The zero-order valence-electron chi connectivity index (χ0n) is 25.8. The Labute approximate surface area is 265 Å². The zero-order valence-corrected chi connectivity index (χ0v) is 25.8. The van der Waals surface area contributed by atoms with Crippen LogP contribution in [-0.2, 0) is 36.8 Å². The molecule has 5 atom stereocenters. The molecule has 13 heteroatoms. The number of aromatic nitrogens is 2. The number of H-pyrrole nitrogens is 2. The molecule has 4 rings (SSSR count). The highest BCUT2D eigenvalue weighted by atomic mass is 16.4. The van der Waals surface area contributed by atoms with Gasteiger partial charge in [0.05, 0.1) is 6.04 Å². The molecular formula is C33H41N7O6. The lowest BCUT2D eigenvalue weighted by atomic mass is 9.96. The van der Waals surface area contributed by atoms with Crippen molar-refractivity contribution in [2.75, 3.05) is 0 Å². The third kappa shape index (κ3) is 8.30. The number of amides is 4. The molecule has 2 heterocycles. The fourth-order valence-electron chi connectivity index (χ4n) is 5.40. The van der Waals surface area contributed by atoms with E-state index in [1.54, 1.807) is 19.3 Å². The summed E-state index contributed by atoms with van der Waals surface area (Å²) in [6.07, 6.45) is 3.82. The van der Waals surface area contributed by atoms with E-state index in [9.17, 15) is 29.1 Å². The molecule has 0 aliphatic rings. The third-order valence-corrected chi connectivity index (χ3v) is 8.27. The maximum absolute atomic E-state index is 13.5. The van der Waals surface area contributed by atoms with Gasteiger partial charge in [-0.3, -0.25) is 19.2 Å². The van der Waals surface area contributed by atoms with Gasteiger partial charge >= 0.3 is 5.97 Å². The number of aromatic amines is 2. The van der Waals surface area contributed by atoms with E-state index in [0.717, 1.165) is 27.4 Å². The molecular weight excluding hydrogens is 590 g/mol. The SMILES string of the molecule is CCC(C)C(NC(=O)C(CCC(N)=O)NC(=O)C(N)Cc1c[nH]c2ccccc12)C(=O)NC(Cc1c[nH]c2ccccc12)C(=O)O. The minimum atomic E-state index is -1.27. The molecule has 46 heavy (non-hydrogen) atoms. The van der Waals surface area contributed by atoms with E-state index in [4.69, 9.17) is 11.5 Å². The van der Waals surface area contributed by atoms with Crippen molar-refractivity contribution in [3.8, 4) is 0 Å². The van der Waals surface area contributed by atoms with Gasteiger partial charge in [0.2, 0.25) is 23.6 Å². The second kappa shape index (κ2) is 15.2. The van der Waals surface area contributed by atoms with Crippen molar-refractivity contribution in [1.29, 1.82) is 0 Å². The molecule has 244 valence electrons. The number of primary amides is 1. The minimum Gasteiger partial charge on any atom is -0.480 e. The smallest absolute Gasteiger partial charge is 0.326 e. The zero-order chi connectivity index (χ0) is 33.4. The number of nitrogens with two attached hydrogens (primary N) is 2. The van der Waals surface area contributed by atoms with E-state index in [1.165, 1.54) is 0 Å². The van der Waals surface area contributed by atoms with E-state index in [-0.39, 0.29) is 25.7 Å². The molecule has 0 saturated carbocycles. The molecule has 0 aliphatic heterocycles. The van der Waals surface area contributed by atoms with Crippen LogP contribution in [0.3, 0.4) is 0 Å². The van der Waals surface area contributed by atoms with Crippen LogP contribution in [0.4, 0.5) is 0 Å². The predicted octanol–water partition coefficient (Wildman–Crippen LogP) is 1.61. The minimum absolute atomic E-state index is 0.0118. The molecule has 2 aromatic heterocycles. The molecule has 4 aromatic rings. The molecule has 0 saturated heterocycles. The molecule has 0 aliphatic carbocycles. The number of hydrogen-bond donors (Lipinski definition) is 8. The molecule has 4 amide bonds. The summed E-state index contributed by atoms with van der Waals surface area (Å²) in [7, 11) is 0. The average Bonchev–Trinajstić information content (AvgIpc) is 3.64. The second-order valence-corrected chi connectivity index (χ2v) is 11.6. The first-order valence-electron chi connectivity index (χ1n) is 15.3. The number of hydrogen-bond acceptors (Lipinski definition) is 6. The summed E-state index contributed by atoms with van der Waals surface area (Å²) in [5.41, 5.74) is 14.8. The van der Waals surface area contributed by atoms with Crippen LogP contribution in [0.1, 0.15) is 44.2 Å². The van der Waals surface area contributed by atoms with Crippen molar-refractivity contribution >= 4 is 51.4 Å². The first-order chi connectivity index (χ1) is 22.0. The number of nitrogens with one attached hydrogen (secondary N) is 5. The summed E-state index contributed by atoms with van der Waals surface area (Å²) >= 11 is 0. The Morgan fingerprint density at radius 3 is 1.87 bits per heavy atom. The van der Waals surface area contributed by atoms with Gasteiger partial charge in [-0.1, -0.05) is 56.7 Å². The maximum Gasteiger partial charge on any atom is 0.326 e. The van der Waals surface area contributed by atoms with Crippen LogP contribution >= 0.6 is 0 Å². The van der Waals surface area contributed by atoms with Crippen molar-refractivity contribution in [1.82, 2.24) is 25.9 Å². The summed E-state index contributed by atoms with van der Waals surface area (Å²) in [6.45, 7) is 3.57. The van der Waals surface area contributed by atoms with Gasteiger partial charge in [0.15, 0.2) is 0 Å². The predicted molar refractivity (Wildman–Crippen MR) is 173 cm³/mol. The average molecular weight is 632 g/mol. The van der Waals surface area contributed by atoms with Crippen LogP contribution in [0.15, 0.2) is 60.9 Å². The number of para-hydroxylation sites is 2. The Morgan fingerprint density at radius 2 is 1.33 bits per heavy atom. The van der Waals surface area contributed by atoms with Crippen LogP contribution in [0.25, 0.3) is 21.8 Å². The summed E-state index contributed by atoms with van der Waals surface area (Å²) in [5, 5.41) is 19.6. The van der Waals surface area contributed by atoms with Crippen molar-refractivity contribution in [3.63, 3.8) is 0 Å². The van der Waals surface area contributed by atoms with Crippen LogP contribution in [-0.4, -0.2) is 68.8 Å². The summed E-state index contributed by atoms with van der Waals surface area (Å²) in [4.78, 5) is 70.2.